The number of aryl methyl sites for hydroxylation is 1. The molecule has 1 aromatic carbocycles. The number of carbonyl (C=O) groups excluding carboxylic acids is 1. The number of nitrogens with zero attached hydrogens (tertiary/aromatic N) is 2. The molecule has 0 radical (unpaired) electrons. The second kappa shape index (κ2) is 4.67. The number of aromatic nitrogens is 2. The first kappa shape index (κ1) is 11.8. The largest absolute Gasteiger partial charge is 0.327 e. The van der Waals surface area contributed by atoms with Crippen molar-refractivity contribution in [2.45, 2.75) is 25.8 Å². The third-order valence-corrected chi connectivity index (χ3v) is 3.01. The highest BCUT2D eigenvalue weighted by molar-refractivity contribution is 5.96. The molecule has 0 fully saturated rings. The van der Waals surface area contributed by atoms with Gasteiger partial charge in [0.25, 0.3) is 0 Å². The molecule has 1 atom stereocenters. The Hall–Kier alpha value is -1.68. The maximum atomic E-state index is 12.0. The van der Waals surface area contributed by atoms with E-state index in [2.05, 4.69) is 4.98 Å². The van der Waals surface area contributed by atoms with Gasteiger partial charge in [0, 0.05) is 19.5 Å². The van der Waals surface area contributed by atoms with Gasteiger partial charge in [0.15, 0.2) is 11.6 Å². The molecule has 2 aromatic rings. The topological polar surface area (TPSA) is 60.9 Å². The molecule has 2 N–H and O–H groups in total. The van der Waals surface area contributed by atoms with Crippen LogP contribution in [0.1, 0.15) is 30.4 Å². The second-order valence-electron chi connectivity index (χ2n) is 4.28. The summed E-state index contributed by atoms with van der Waals surface area (Å²) in [5.74, 6) is 0.508. The molecule has 0 bridgehead atoms. The number of fused-ring (bicyclic) bond motifs is 1. The average Bonchev–Trinajstić information content (AvgIpc) is 2.67. The molecule has 4 nitrogen and oxygen atoms in total. The number of rotatable bonds is 4. The lowest BCUT2D eigenvalue weighted by Crippen LogP contribution is -2.24. The van der Waals surface area contributed by atoms with Crippen molar-refractivity contribution < 1.29 is 4.79 Å². The van der Waals surface area contributed by atoms with Crippen molar-refractivity contribution in [2.24, 2.45) is 12.8 Å². The third kappa shape index (κ3) is 2.22. The number of ketones is 1. The molecule has 0 aliphatic carbocycles. The number of benzene rings is 1. The highest BCUT2D eigenvalue weighted by atomic mass is 16.1. The molecule has 1 heterocycles. The summed E-state index contributed by atoms with van der Waals surface area (Å²) in [5.41, 5.74) is 7.62. The Morgan fingerprint density at radius 3 is 2.82 bits per heavy atom. The third-order valence-electron chi connectivity index (χ3n) is 3.01. The molecule has 4 heteroatoms. The molecule has 0 aliphatic heterocycles. The molecule has 1 unspecified atom stereocenters. The van der Waals surface area contributed by atoms with Crippen molar-refractivity contribution >= 4 is 16.8 Å². The van der Waals surface area contributed by atoms with Gasteiger partial charge < -0.3 is 10.3 Å². The van der Waals surface area contributed by atoms with Crippen LogP contribution in [0.15, 0.2) is 24.3 Å². The van der Waals surface area contributed by atoms with E-state index in [1.54, 1.807) is 0 Å². The van der Waals surface area contributed by atoms with Gasteiger partial charge in [-0.2, -0.15) is 0 Å². The Bertz CT molecular complexity index is 545. The zero-order chi connectivity index (χ0) is 12.4. The summed E-state index contributed by atoms with van der Waals surface area (Å²) in [6.45, 7) is 1.98. The molecule has 90 valence electrons. The fourth-order valence-corrected chi connectivity index (χ4v) is 1.87. The highest BCUT2D eigenvalue weighted by Crippen LogP contribution is 2.15. The first-order valence-corrected chi connectivity index (χ1v) is 5.83. The van der Waals surface area contributed by atoms with Crippen LogP contribution in [-0.2, 0) is 7.05 Å². The maximum Gasteiger partial charge on any atom is 0.199 e. The van der Waals surface area contributed by atoms with E-state index in [4.69, 9.17) is 5.73 Å². The van der Waals surface area contributed by atoms with Crippen molar-refractivity contribution in [1.82, 2.24) is 9.55 Å². The van der Waals surface area contributed by atoms with Gasteiger partial charge in [-0.15, -0.1) is 0 Å². The van der Waals surface area contributed by atoms with E-state index in [0.29, 0.717) is 12.2 Å². The van der Waals surface area contributed by atoms with E-state index in [1.165, 1.54) is 0 Å². The minimum Gasteiger partial charge on any atom is -0.327 e. The van der Waals surface area contributed by atoms with Gasteiger partial charge in [0.2, 0.25) is 0 Å². The van der Waals surface area contributed by atoms with E-state index in [0.717, 1.165) is 17.5 Å². The normalized spacial score (nSPS) is 12.9. The van der Waals surface area contributed by atoms with Crippen LogP contribution in [0.5, 0.6) is 0 Å². The van der Waals surface area contributed by atoms with Crippen molar-refractivity contribution in [3.8, 4) is 0 Å². The first-order chi connectivity index (χ1) is 8.13. The SMILES string of the molecule is CCC(N)CC(=O)c1nc2ccccc2n1C. The Morgan fingerprint density at radius 1 is 1.47 bits per heavy atom. The van der Waals surface area contributed by atoms with Crippen molar-refractivity contribution in [2.75, 3.05) is 0 Å². The number of para-hydroxylation sites is 2. The molecular formula is C13H17N3O. The number of Topliss-reactive ketones (excluding diaryl/α,β-unsaturated/α-hetero) is 1. The minimum atomic E-state index is -0.0812. The van der Waals surface area contributed by atoms with Gasteiger partial charge in [-0.3, -0.25) is 4.79 Å². The number of hydrogen-bond acceptors (Lipinski definition) is 3. The number of imidazole rings is 1. The fourth-order valence-electron chi connectivity index (χ4n) is 1.87. The summed E-state index contributed by atoms with van der Waals surface area (Å²) >= 11 is 0. The van der Waals surface area contributed by atoms with Crippen LogP contribution >= 0.6 is 0 Å². The van der Waals surface area contributed by atoms with Gasteiger partial charge in [0.1, 0.15) is 0 Å². The van der Waals surface area contributed by atoms with Crippen molar-refractivity contribution in [3.63, 3.8) is 0 Å². The van der Waals surface area contributed by atoms with Crippen LogP contribution in [0.25, 0.3) is 11.0 Å². The van der Waals surface area contributed by atoms with E-state index < -0.39 is 0 Å². The second-order valence-corrected chi connectivity index (χ2v) is 4.28. The Balaban J connectivity index is 2.35. The molecule has 0 aliphatic rings. The zero-order valence-corrected chi connectivity index (χ0v) is 10.2. The van der Waals surface area contributed by atoms with Crippen LogP contribution < -0.4 is 5.73 Å². The summed E-state index contributed by atoms with van der Waals surface area (Å²) in [6, 6.07) is 7.64. The summed E-state index contributed by atoms with van der Waals surface area (Å²) in [7, 11) is 1.86. The summed E-state index contributed by atoms with van der Waals surface area (Å²) < 4.78 is 1.83. The Kier molecular flexibility index (Phi) is 3.24. The first-order valence-electron chi connectivity index (χ1n) is 5.83. The quantitative estimate of drug-likeness (QED) is 0.817. The van der Waals surface area contributed by atoms with Crippen LogP contribution in [0, 0.1) is 0 Å². The lowest BCUT2D eigenvalue weighted by Gasteiger charge is -2.07. The van der Waals surface area contributed by atoms with E-state index in [-0.39, 0.29) is 11.8 Å². The number of carbonyl (C=O) groups is 1. The van der Waals surface area contributed by atoms with Gasteiger partial charge in [-0.05, 0) is 18.6 Å². The van der Waals surface area contributed by atoms with Crippen LogP contribution in [0.3, 0.4) is 0 Å². The summed E-state index contributed by atoms with van der Waals surface area (Å²) in [5, 5.41) is 0. The Morgan fingerprint density at radius 2 is 2.18 bits per heavy atom. The minimum absolute atomic E-state index is 0.0121. The maximum absolute atomic E-state index is 12.0. The van der Waals surface area contributed by atoms with Crippen LogP contribution in [-0.4, -0.2) is 21.4 Å². The monoisotopic (exact) mass is 231 g/mol. The molecule has 1 aromatic heterocycles. The van der Waals surface area contributed by atoms with Gasteiger partial charge in [-0.1, -0.05) is 19.1 Å². The van der Waals surface area contributed by atoms with E-state index in [9.17, 15) is 4.79 Å². The molecule has 0 spiro atoms. The predicted molar refractivity (Wildman–Crippen MR) is 67.9 cm³/mol. The molecule has 0 amide bonds. The molecule has 0 saturated heterocycles. The zero-order valence-electron chi connectivity index (χ0n) is 10.2. The van der Waals surface area contributed by atoms with E-state index in [1.807, 2.05) is 42.8 Å². The van der Waals surface area contributed by atoms with Crippen molar-refractivity contribution in [3.05, 3.63) is 30.1 Å². The summed E-state index contributed by atoms with van der Waals surface area (Å²) in [4.78, 5) is 16.4. The lowest BCUT2D eigenvalue weighted by molar-refractivity contribution is 0.0961. The lowest BCUT2D eigenvalue weighted by atomic mass is 10.1. The molecular weight excluding hydrogens is 214 g/mol. The van der Waals surface area contributed by atoms with E-state index >= 15 is 0 Å². The number of nitrogens with two attached hydrogens (primary N) is 1. The summed E-state index contributed by atoms with van der Waals surface area (Å²) in [6.07, 6.45) is 1.16. The Labute approximate surface area is 100 Å². The highest BCUT2D eigenvalue weighted by Gasteiger charge is 2.16. The number of hydrogen-bond donors (Lipinski definition) is 1. The van der Waals surface area contributed by atoms with Gasteiger partial charge in [0.05, 0.1) is 11.0 Å². The standard InChI is InChI=1S/C13H17N3O/c1-3-9(14)8-12(17)13-15-10-6-4-5-7-11(10)16(13)2/h4-7,9H,3,8,14H2,1-2H3. The van der Waals surface area contributed by atoms with Gasteiger partial charge in [-0.25, -0.2) is 4.98 Å². The van der Waals surface area contributed by atoms with Crippen LogP contribution in [0.2, 0.25) is 0 Å². The molecule has 17 heavy (non-hydrogen) atoms. The fraction of sp³-hybridized carbons (Fsp3) is 0.385. The predicted octanol–water partition coefficient (Wildman–Crippen LogP) is 1.88. The average molecular weight is 231 g/mol. The van der Waals surface area contributed by atoms with Crippen LogP contribution in [0.4, 0.5) is 0 Å². The van der Waals surface area contributed by atoms with Gasteiger partial charge >= 0.3 is 0 Å². The smallest absolute Gasteiger partial charge is 0.199 e. The molecule has 2 rings (SSSR count). The van der Waals surface area contributed by atoms with Crippen molar-refractivity contribution in [1.29, 1.82) is 0 Å². The molecule has 0 saturated carbocycles.